The second-order valence-corrected chi connectivity index (χ2v) is 7.40. The van der Waals surface area contributed by atoms with E-state index in [-0.39, 0.29) is 13.2 Å². The number of benzene rings is 1. The van der Waals surface area contributed by atoms with Gasteiger partial charge in [-0.05, 0) is 24.6 Å². The van der Waals surface area contributed by atoms with Gasteiger partial charge in [0.05, 0.1) is 23.2 Å². The smallest absolute Gasteiger partial charge is 0.332 e. The van der Waals surface area contributed by atoms with E-state index in [1.54, 1.807) is 40.4 Å². The van der Waals surface area contributed by atoms with E-state index >= 15 is 0 Å². The van der Waals surface area contributed by atoms with Gasteiger partial charge in [-0.1, -0.05) is 29.3 Å². The third-order valence-electron chi connectivity index (χ3n) is 4.79. The molecule has 1 aromatic carbocycles. The predicted octanol–water partition coefficient (Wildman–Crippen LogP) is 1.81. The minimum atomic E-state index is -0.477. The first-order chi connectivity index (χ1) is 13.3. The highest BCUT2D eigenvalue weighted by molar-refractivity contribution is 6.42. The predicted molar refractivity (Wildman–Crippen MR) is 108 cm³/mol. The molecule has 4 rings (SSSR count). The number of halogens is 2. The third kappa shape index (κ3) is 2.76. The van der Waals surface area contributed by atoms with Crippen LogP contribution in [0.1, 0.15) is 11.3 Å². The standard InChI is InChI=1S/C18H17Cl2N5O3/c1-10-8-24-14-15(21-17(24)23(10)5-6-26)22(2)18(28)25(16(14)27)9-11-3-4-12(19)13(20)7-11/h3-4,7-8,26H,5-6,9H2,1-2H3. The molecule has 0 atom stereocenters. The monoisotopic (exact) mass is 421 g/mol. The molecule has 8 nitrogen and oxygen atoms in total. The number of imidazole rings is 2. The number of aliphatic hydroxyl groups excluding tert-OH is 1. The van der Waals surface area contributed by atoms with Crippen LogP contribution in [0.15, 0.2) is 34.0 Å². The SMILES string of the molecule is Cc1cn2c3c(=O)n(Cc4ccc(Cl)c(Cl)c4)c(=O)n(C)c3nc2n1CCO. The molecule has 0 bridgehead atoms. The van der Waals surface area contributed by atoms with Crippen LogP contribution in [0.25, 0.3) is 16.9 Å². The molecule has 4 aromatic rings. The lowest BCUT2D eigenvalue weighted by atomic mass is 10.2. The van der Waals surface area contributed by atoms with E-state index in [0.29, 0.717) is 39.1 Å². The molecule has 1 N–H and O–H groups in total. The van der Waals surface area contributed by atoms with Gasteiger partial charge in [0.1, 0.15) is 0 Å². The largest absolute Gasteiger partial charge is 0.395 e. The van der Waals surface area contributed by atoms with Crippen molar-refractivity contribution in [2.75, 3.05) is 6.61 Å². The van der Waals surface area contributed by atoms with Gasteiger partial charge in [-0.25, -0.2) is 4.79 Å². The molecule has 3 heterocycles. The molecule has 0 aliphatic rings. The Balaban J connectivity index is 1.98. The first-order valence-electron chi connectivity index (χ1n) is 8.56. The summed E-state index contributed by atoms with van der Waals surface area (Å²) in [6, 6.07) is 4.98. The highest BCUT2D eigenvalue weighted by Crippen LogP contribution is 2.23. The fourth-order valence-electron chi connectivity index (χ4n) is 3.39. The van der Waals surface area contributed by atoms with E-state index < -0.39 is 11.2 Å². The maximum absolute atomic E-state index is 13.2. The number of nitrogens with zero attached hydrogens (tertiary/aromatic N) is 5. The molecule has 28 heavy (non-hydrogen) atoms. The quantitative estimate of drug-likeness (QED) is 0.544. The Morgan fingerprint density at radius 2 is 1.89 bits per heavy atom. The van der Waals surface area contributed by atoms with Crippen LogP contribution in [0.3, 0.4) is 0 Å². The van der Waals surface area contributed by atoms with Crippen molar-refractivity contribution in [2.24, 2.45) is 7.05 Å². The van der Waals surface area contributed by atoms with Gasteiger partial charge in [0.25, 0.3) is 5.56 Å². The van der Waals surface area contributed by atoms with Crippen LogP contribution in [0.4, 0.5) is 0 Å². The minimum absolute atomic E-state index is 0.0574. The summed E-state index contributed by atoms with van der Waals surface area (Å²) in [5.41, 5.74) is 1.21. The molecule has 3 aromatic heterocycles. The van der Waals surface area contributed by atoms with Crippen molar-refractivity contribution in [1.29, 1.82) is 0 Å². The number of rotatable bonds is 4. The lowest BCUT2D eigenvalue weighted by molar-refractivity contribution is 0.276. The van der Waals surface area contributed by atoms with Gasteiger partial charge < -0.3 is 9.67 Å². The highest BCUT2D eigenvalue weighted by atomic mass is 35.5. The molecule has 0 unspecified atom stereocenters. The van der Waals surface area contributed by atoms with Gasteiger partial charge in [0.2, 0.25) is 5.78 Å². The van der Waals surface area contributed by atoms with Gasteiger partial charge >= 0.3 is 5.69 Å². The summed E-state index contributed by atoms with van der Waals surface area (Å²) >= 11 is 12.0. The zero-order valence-electron chi connectivity index (χ0n) is 15.2. The molecule has 146 valence electrons. The Morgan fingerprint density at radius 1 is 1.14 bits per heavy atom. The van der Waals surface area contributed by atoms with E-state index in [0.717, 1.165) is 10.3 Å². The van der Waals surface area contributed by atoms with Crippen molar-refractivity contribution >= 4 is 40.1 Å². The number of hydrogen-bond acceptors (Lipinski definition) is 4. The molecule has 0 aliphatic carbocycles. The summed E-state index contributed by atoms with van der Waals surface area (Å²) in [5, 5.41) is 10.1. The minimum Gasteiger partial charge on any atom is -0.395 e. The first kappa shape index (κ1) is 18.8. The zero-order valence-corrected chi connectivity index (χ0v) is 16.7. The Hall–Kier alpha value is -2.55. The summed E-state index contributed by atoms with van der Waals surface area (Å²) in [4.78, 5) is 30.5. The average Bonchev–Trinajstić information content (AvgIpc) is 3.16. The molecule has 0 spiro atoms. The molecule has 0 saturated carbocycles. The Labute approximate surface area is 168 Å². The Bertz CT molecular complexity index is 1350. The number of fused-ring (bicyclic) bond motifs is 3. The maximum Gasteiger partial charge on any atom is 0.332 e. The molecule has 0 fully saturated rings. The van der Waals surface area contributed by atoms with E-state index in [9.17, 15) is 14.7 Å². The third-order valence-corrected chi connectivity index (χ3v) is 5.53. The van der Waals surface area contributed by atoms with Gasteiger partial charge in [0.15, 0.2) is 11.2 Å². The second-order valence-electron chi connectivity index (χ2n) is 6.58. The molecular formula is C18H17Cl2N5O3. The summed E-state index contributed by atoms with van der Waals surface area (Å²) in [6.45, 7) is 2.21. The van der Waals surface area contributed by atoms with Crippen LogP contribution in [0.2, 0.25) is 10.0 Å². The van der Waals surface area contributed by atoms with E-state index in [1.165, 1.54) is 4.57 Å². The number of aryl methyl sites for hydroxylation is 2. The molecular weight excluding hydrogens is 405 g/mol. The number of hydrogen-bond donors (Lipinski definition) is 1. The maximum atomic E-state index is 13.2. The lowest BCUT2D eigenvalue weighted by Gasteiger charge is -2.09. The normalized spacial score (nSPS) is 11.8. The summed E-state index contributed by atoms with van der Waals surface area (Å²) in [7, 11) is 1.57. The Morgan fingerprint density at radius 3 is 2.57 bits per heavy atom. The van der Waals surface area contributed by atoms with Crippen molar-refractivity contribution in [3.05, 3.63) is 66.5 Å². The van der Waals surface area contributed by atoms with Gasteiger partial charge in [-0.15, -0.1) is 0 Å². The first-order valence-corrected chi connectivity index (χ1v) is 9.31. The average molecular weight is 422 g/mol. The topological polar surface area (TPSA) is 86.5 Å². The second kappa shape index (κ2) is 6.80. The number of aliphatic hydroxyl groups is 1. The van der Waals surface area contributed by atoms with Crippen LogP contribution in [-0.4, -0.2) is 34.8 Å². The summed E-state index contributed by atoms with van der Waals surface area (Å²) in [6.07, 6.45) is 1.77. The molecule has 10 heteroatoms. The lowest BCUT2D eigenvalue weighted by Crippen LogP contribution is -2.39. The molecule has 0 aliphatic heterocycles. The van der Waals surface area contributed by atoms with Crippen LogP contribution in [-0.2, 0) is 20.1 Å². The zero-order chi connectivity index (χ0) is 20.2. The fraction of sp³-hybridized carbons (Fsp3) is 0.278. The van der Waals surface area contributed by atoms with Gasteiger partial charge in [-0.3, -0.25) is 18.3 Å². The molecule has 0 radical (unpaired) electrons. The molecule has 0 amide bonds. The van der Waals surface area contributed by atoms with Crippen molar-refractivity contribution in [1.82, 2.24) is 23.1 Å². The van der Waals surface area contributed by atoms with Crippen LogP contribution >= 0.6 is 23.2 Å². The van der Waals surface area contributed by atoms with Crippen LogP contribution < -0.4 is 11.2 Å². The van der Waals surface area contributed by atoms with Crippen molar-refractivity contribution in [2.45, 2.75) is 20.0 Å². The molecule has 0 saturated heterocycles. The number of aromatic nitrogens is 5. The van der Waals surface area contributed by atoms with Gasteiger partial charge in [-0.2, -0.15) is 4.98 Å². The fourth-order valence-corrected chi connectivity index (χ4v) is 3.71. The van der Waals surface area contributed by atoms with Crippen LogP contribution in [0.5, 0.6) is 0 Å². The van der Waals surface area contributed by atoms with E-state index in [1.807, 2.05) is 6.92 Å². The van der Waals surface area contributed by atoms with Crippen LogP contribution in [0, 0.1) is 6.92 Å². The summed E-state index contributed by atoms with van der Waals surface area (Å²) < 4.78 is 5.95. The van der Waals surface area contributed by atoms with E-state index in [4.69, 9.17) is 23.2 Å². The van der Waals surface area contributed by atoms with E-state index in [2.05, 4.69) is 4.98 Å². The summed E-state index contributed by atoms with van der Waals surface area (Å²) in [5.74, 6) is 0.501. The van der Waals surface area contributed by atoms with Crippen molar-refractivity contribution in [3.63, 3.8) is 0 Å². The van der Waals surface area contributed by atoms with Crippen molar-refractivity contribution < 1.29 is 5.11 Å². The Kier molecular flexibility index (Phi) is 4.57. The van der Waals surface area contributed by atoms with Crippen molar-refractivity contribution in [3.8, 4) is 0 Å². The highest BCUT2D eigenvalue weighted by Gasteiger charge is 2.20. The van der Waals surface area contributed by atoms with Gasteiger partial charge in [0, 0.05) is 25.5 Å².